The van der Waals surface area contributed by atoms with Crippen LogP contribution in [-0.4, -0.2) is 49.4 Å². The van der Waals surface area contributed by atoms with Crippen LogP contribution in [0, 0.1) is 0 Å². The minimum absolute atomic E-state index is 0.173. The highest BCUT2D eigenvalue weighted by atomic mass is 32.2. The second-order valence-corrected chi connectivity index (χ2v) is 9.56. The Morgan fingerprint density at radius 2 is 1.69 bits per heavy atom. The number of hydrazone groups is 1. The molecule has 8 nitrogen and oxygen atoms in total. The molecule has 1 heterocycles. The summed E-state index contributed by atoms with van der Waals surface area (Å²) in [4.78, 5) is 12.2. The van der Waals surface area contributed by atoms with Crippen LogP contribution in [-0.2, 0) is 10.5 Å². The van der Waals surface area contributed by atoms with E-state index in [9.17, 15) is 4.79 Å². The summed E-state index contributed by atoms with van der Waals surface area (Å²) >= 11 is 4.41. The minimum Gasteiger partial charge on any atom is -0.496 e. The largest absolute Gasteiger partial charge is 0.496 e. The molecule has 3 aromatic rings. The number of hydrogen-bond donors (Lipinski definition) is 1. The van der Waals surface area contributed by atoms with E-state index in [1.54, 1.807) is 31.0 Å². The molecule has 0 aliphatic carbocycles. The Balaban J connectivity index is 1.49. The molecule has 3 rings (SSSR count). The molecule has 2 aromatic carbocycles. The molecule has 1 amide bonds. The molecule has 0 fully saturated rings. The fourth-order valence-corrected chi connectivity index (χ4v) is 5.29. The van der Waals surface area contributed by atoms with Crippen LogP contribution in [0.4, 0.5) is 0 Å². The summed E-state index contributed by atoms with van der Waals surface area (Å²) < 4.78 is 17.5. The number of carbonyl (C=O) groups excluding carboxylic acids is 1. The molecule has 0 saturated heterocycles. The summed E-state index contributed by atoms with van der Waals surface area (Å²) in [5.41, 5.74) is 4.32. The molecule has 0 spiro atoms. The molecule has 1 aromatic heterocycles. The van der Waals surface area contributed by atoms with Crippen LogP contribution < -0.4 is 19.6 Å². The third-order valence-corrected chi connectivity index (χ3v) is 7.32. The van der Waals surface area contributed by atoms with Gasteiger partial charge in [-0.1, -0.05) is 65.2 Å². The predicted molar refractivity (Wildman–Crippen MR) is 128 cm³/mol. The smallest absolute Gasteiger partial charge is 0.250 e. The molecule has 168 valence electrons. The van der Waals surface area contributed by atoms with Crippen LogP contribution in [0.2, 0.25) is 0 Å². The Bertz CT molecular complexity index is 1040. The maximum Gasteiger partial charge on any atom is 0.250 e. The van der Waals surface area contributed by atoms with Gasteiger partial charge in [-0.05, 0) is 5.56 Å². The number of nitrogens with zero attached hydrogens (tertiary/aromatic N) is 3. The van der Waals surface area contributed by atoms with E-state index >= 15 is 0 Å². The molecule has 0 bridgehead atoms. The number of amides is 1. The van der Waals surface area contributed by atoms with Crippen molar-refractivity contribution in [1.82, 2.24) is 15.6 Å². The predicted octanol–water partition coefficient (Wildman–Crippen LogP) is 4.10. The van der Waals surface area contributed by atoms with E-state index in [2.05, 4.69) is 32.9 Å². The van der Waals surface area contributed by atoms with E-state index in [1.807, 2.05) is 18.2 Å². The van der Waals surface area contributed by atoms with Gasteiger partial charge in [0.25, 0.3) is 5.91 Å². The summed E-state index contributed by atoms with van der Waals surface area (Å²) in [6.07, 6.45) is 1.48. The zero-order chi connectivity index (χ0) is 22.8. The number of hydrogen-bond acceptors (Lipinski definition) is 10. The van der Waals surface area contributed by atoms with E-state index < -0.39 is 0 Å². The van der Waals surface area contributed by atoms with Crippen LogP contribution in [0.3, 0.4) is 0 Å². The molecule has 0 aliphatic heterocycles. The lowest BCUT2D eigenvalue weighted by molar-refractivity contribution is -0.118. The topological polar surface area (TPSA) is 94.9 Å². The minimum atomic E-state index is -0.258. The van der Waals surface area contributed by atoms with Crippen molar-refractivity contribution in [2.24, 2.45) is 5.10 Å². The second kappa shape index (κ2) is 12.3. The molecule has 0 aliphatic rings. The quantitative estimate of drug-likeness (QED) is 0.244. The SMILES string of the molecule is COc1cc(OC)c(C=NNC(=O)CSc2nnc(SCc3ccccc3)s2)c(OC)c1. The fraction of sp³-hybridized carbons (Fsp3) is 0.238. The lowest BCUT2D eigenvalue weighted by atomic mass is 10.2. The monoisotopic (exact) mass is 490 g/mol. The molecule has 11 heteroatoms. The van der Waals surface area contributed by atoms with Crippen LogP contribution in [0.5, 0.6) is 17.2 Å². The van der Waals surface area contributed by atoms with Crippen molar-refractivity contribution in [3.8, 4) is 17.2 Å². The van der Waals surface area contributed by atoms with Crippen molar-refractivity contribution in [3.63, 3.8) is 0 Å². The van der Waals surface area contributed by atoms with Crippen LogP contribution in [0.1, 0.15) is 11.1 Å². The van der Waals surface area contributed by atoms with Gasteiger partial charge in [-0.3, -0.25) is 4.79 Å². The van der Waals surface area contributed by atoms with Gasteiger partial charge < -0.3 is 14.2 Å². The van der Waals surface area contributed by atoms with E-state index in [4.69, 9.17) is 14.2 Å². The summed E-state index contributed by atoms with van der Waals surface area (Å²) in [5.74, 6) is 2.37. The summed E-state index contributed by atoms with van der Waals surface area (Å²) in [6.45, 7) is 0. The number of rotatable bonds is 11. The van der Waals surface area contributed by atoms with E-state index in [0.29, 0.717) is 22.8 Å². The number of benzene rings is 2. The van der Waals surface area contributed by atoms with E-state index in [0.717, 1.165) is 14.4 Å². The van der Waals surface area contributed by atoms with Gasteiger partial charge in [0.2, 0.25) is 0 Å². The van der Waals surface area contributed by atoms with Gasteiger partial charge in [-0.25, -0.2) is 5.43 Å². The molecule has 1 N–H and O–H groups in total. The van der Waals surface area contributed by atoms with E-state index in [-0.39, 0.29) is 11.7 Å². The Kier molecular flexibility index (Phi) is 9.20. The van der Waals surface area contributed by atoms with Gasteiger partial charge in [0.05, 0.1) is 38.9 Å². The molecule has 0 unspecified atom stereocenters. The zero-order valence-corrected chi connectivity index (χ0v) is 20.2. The Morgan fingerprint density at radius 1 is 1.03 bits per heavy atom. The standard InChI is InChI=1S/C21H22N4O4S3/c1-27-15-9-17(28-2)16(18(10-15)29-3)11-22-23-19(26)13-31-21-25-24-20(32-21)30-12-14-7-5-4-6-8-14/h4-11H,12-13H2,1-3H3,(H,23,26). The van der Waals surface area contributed by atoms with Gasteiger partial charge in [0.1, 0.15) is 17.2 Å². The number of aromatic nitrogens is 2. The second-order valence-electron chi connectivity index (χ2n) is 6.14. The average Bonchev–Trinajstić information content (AvgIpc) is 3.29. The Morgan fingerprint density at radius 3 is 2.31 bits per heavy atom. The van der Waals surface area contributed by atoms with Crippen molar-refractivity contribution < 1.29 is 19.0 Å². The van der Waals surface area contributed by atoms with Gasteiger partial charge >= 0.3 is 0 Å². The molecular formula is C21H22N4O4S3. The Hall–Kier alpha value is -2.76. The van der Waals surface area contributed by atoms with Crippen molar-refractivity contribution in [1.29, 1.82) is 0 Å². The highest BCUT2D eigenvalue weighted by Gasteiger charge is 2.12. The van der Waals surface area contributed by atoms with Crippen molar-refractivity contribution in [2.45, 2.75) is 14.4 Å². The number of thioether (sulfide) groups is 2. The van der Waals surface area contributed by atoms with Crippen LogP contribution in [0.15, 0.2) is 56.2 Å². The van der Waals surface area contributed by atoms with Gasteiger partial charge in [-0.15, -0.1) is 10.2 Å². The van der Waals surface area contributed by atoms with Crippen LogP contribution >= 0.6 is 34.9 Å². The molecule has 0 saturated carbocycles. The first-order valence-corrected chi connectivity index (χ1v) is 12.2. The number of nitrogens with one attached hydrogen (secondary N) is 1. The van der Waals surface area contributed by atoms with Gasteiger partial charge in [0, 0.05) is 17.9 Å². The maximum atomic E-state index is 12.2. The average molecular weight is 491 g/mol. The first-order valence-electron chi connectivity index (χ1n) is 9.38. The zero-order valence-electron chi connectivity index (χ0n) is 17.7. The van der Waals surface area contributed by atoms with Crippen LogP contribution in [0.25, 0.3) is 0 Å². The third-order valence-electron chi connectivity index (χ3n) is 4.06. The van der Waals surface area contributed by atoms with Gasteiger partial charge in [-0.2, -0.15) is 5.10 Å². The maximum absolute atomic E-state index is 12.2. The molecular weight excluding hydrogens is 468 g/mol. The third kappa shape index (κ3) is 6.87. The molecule has 0 atom stereocenters. The summed E-state index contributed by atoms with van der Waals surface area (Å²) in [6, 6.07) is 13.6. The summed E-state index contributed by atoms with van der Waals surface area (Å²) in [5, 5.41) is 12.3. The molecule has 0 radical (unpaired) electrons. The Labute approximate surface area is 198 Å². The van der Waals surface area contributed by atoms with Crippen molar-refractivity contribution in [3.05, 3.63) is 53.6 Å². The first kappa shape index (κ1) is 23.9. The lowest BCUT2D eigenvalue weighted by Crippen LogP contribution is -2.19. The number of carbonyl (C=O) groups is 1. The van der Waals surface area contributed by atoms with Gasteiger partial charge in [0.15, 0.2) is 8.68 Å². The number of methoxy groups -OCH3 is 3. The first-order chi connectivity index (χ1) is 15.6. The highest BCUT2D eigenvalue weighted by Crippen LogP contribution is 2.33. The summed E-state index contributed by atoms with van der Waals surface area (Å²) in [7, 11) is 4.63. The van der Waals surface area contributed by atoms with Crippen molar-refractivity contribution in [2.75, 3.05) is 27.1 Å². The highest BCUT2D eigenvalue weighted by molar-refractivity contribution is 8.03. The molecule has 32 heavy (non-hydrogen) atoms. The lowest BCUT2D eigenvalue weighted by Gasteiger charge is -2.12. The fourth-order valence-electron chi connectivity index (χ4n) is 2.52. The normalized spacial score (nSPS) is 10.8. The van der Waals surface area contributed by atoms with E-state index in [1.165, 1.54) is 49.1 Å². The van der Waals surface area contributed by atoms with Crippen molar-refractivity contribution >= 4 is 47.0 Å². The number of ether oxygens (including phenoxy) is 3.